The maximum absolute atomic E-state index is 13.5. The van der Waals surface area contributed by atoms with Crippen LogP contribution in [0.3, 0.4) is 0 Å². The zero-order valence-electron chi connectivity index (χ0n) is 13.3. The minimum atomic E-state index is -3.74. The number of fused-ring (bicyclic) bond motifs is 2. The zero-order valence-corrected chi connectivity index (χ0v) is 14.2. The number of aromatic nitrogens is 3. The van der Waals surface area contributed by atoms with Crippen molar-refractivity contribution in [2.45, 2.75) is 43.6 Å². The number of nitrogens with one attached hydrogen (secondary N) is 2. The lowest BCUT2D eigenvalue weighted by molar-refractivity contribution is 0.260. The SMILES string of the molecule is NS(=O)(=NC(=O)Nc1c2c(nc3c1CCC3)CCC2)c1[nH]ncc1F. The van der Waals surface area contributed by atoms with Gasteiger partial charge in [-0.1, -0.05) is 0 Å². The van der Waals surface area contributed by atoms with Gasteiger partial charge in [-0.25, -0.2) is 18.5 Å². The zero-order chi connectivity index (χ0) is 17.6. The fourth-order valence-electron chi connectivity index (χ4n) is 3.50. The number of amides is 2. The van der Waals surface area contributed by atoms with Crippen LogP contribution in [0.25, 0.3) is 0 Å². The van der Waals surface area contributed by atoms with Gasteiger partial charge in [-0.15, -0.1) is 4.36 Å². The number of aryl methyl sites for hydroxylation is 2. The van der Waals surface area contributed by atoms with Crippen molar-refractivity contribution < 1.29 is 13.4 Å². The number of halogens is 1. The molecule has 10 heteroatoms. The van der Waals surface area contributed by atoms with Crippen molar-refractivity contribution in [3.05, 3.63) is 34.5 Å². The molecule has 0 spiro atoms. The van der Waals surface area contributed by atoms with Gasteiger partial charge in [0.1, 0.15) is 0 Å². The number of nitrogens with zero attached hydrogens (tertiary/aromatic N) is 3. The van der Waals surface area contributed by atoms with Crippen LogP contribution in [0.15, 0.2) is 15.6 Å². The summed E-state index contributed by atoms with van der Waals surface area (Å²) in [5.41, 5.74) is 4.75. The molecule has 1 unspecified atom stereocenters. The van der Waals surface area contributed by atoms with Crippen molar-refractivity contribution in [2.24, 2.45) is 9.50 Å². The summed E-state index contributed by atoms with van der Waals surface area (Å²) in [7, 11) is -3.74. The molecule has 4 rings (SSSR count). The molecule has 0 radical (unpaired) electrons. The highest BCUT2D eigenvalue weighted by atomic mass is 32.2. The molecule has 2 aliphatic carbocycles. The van der Waals surface area contributed by atoms with Crippen molar-refractivity contribution >= 4 is 21.6 Å². The van der Waals surface area contributed by atoms with Crippen LogP contribution in [0.5, 0.6) is 0 Å². The third-order valence-electron chi connectivity index (χ3n) is 4.55. The van der Waals surface area contributed by atoms with E-state index in [2.05, 4.69) is 19.9 Å². The summed E-state index contributed by atoms with van der Waals surface area (Å²) in [6.45, 7) is 0. The molecule has 2 heterocycles. The number of hydrogen-bond donors (Lipinski definition) is 3. The summed E-state index contributed by atoms with van der Waals surface area (Å²) in [6.07, 6.45) is 6.23. The summed E-state index contributed by atoms with van der Waals surface area (Å²) in [6, 6.07) is -0.865. The Kier molecular flexibility index (Phi) is 3.80. The third-order valence-corrected chi connectivity index (χ3v) is 5.86. The highest BCUT2D eigenvalue weighted by molar-refractivity contribution is 7.91. The smallest absolute Gasteiger partial charge is 0.305 e. The minimum Gasteiger partial charge on any atom is -0.305 e. The summed E-state index contributed by atoms with van der Waals surface area (Å²) in [5.74, 6) is -0.894. The van der Waals surface area contributed by atoms with Gasteiger partial charge in [0.05, 0.1) is 11.9 Å². The van der Waals surface area contributed by atoms with Gasteiger partial charge in [0, 0.05) is 11.4 Å². The van der Waals surface area contributed by atoms with E-state index in [1.807, 2.05) is 0 Å². The number of pyridine rings is 1. The molecule has 2 amide bonds. The van der Waals surface area contributed by atoms with Gasteiger partial charge in [0.25, 0.3) is 0 Å². The van der Waals surface area contributed by atoms with Crippen LogP contribution in [-0.2, 0) is 35.6 Å². The van der Waals surface area contributed by atoms with E-state index in [1.54, 1.807) is 0 Å². The number of hydrogen-bond acceptors (Lipinski definition) is 4. The number of carbonyl (C=O) groups excluding carboxylic acids is 1. The van der Waals surface area contributed by atoms with Crippen LogP contribution in [0.4, 0.5) is 14.9 Å². The van der Waals surface area contributed by atoms with Crippen molar-refractivity contribution in [2.75, 3.05) is 5.32 Å². The Morgan fingerprint density at radius 2 is 1.88 bits per heavy atom. The van der Waals surface area contributed by atoms with Gasteiger partial charge in [0.2, 0.25) is 0 Å². The number of urea groups is 1. The Balaban J connectivity index is 1.70. The average molecular weight is 364 g/mol. The fraction of sp³-hybridized carbons (Fsp3) is 0.400. The minimum absolute atomic E-state index is 0.493. The average Bonchev–Trinajstić information content (AvgIpc) is 3.25. The Bertz CT molecular complexity index is 960. The van der Waals surface area contributed by atoms with Crippen LogP contribution in [0.1, 0.15) is 35.4 Å². The van der Waals surface area contributed by atoms with E-state index >= 15 is 0 Å². The van der Waals surface area contributed by atoms with Gasteiger partial charge in [0.15, 0.2) is 20.8 Å². The first-order valence-electron chi connectivity index (χ1n) is 8.04. The van der Waals surface area contributed by atoms with Crippen LogP contribution in [-0.4, -0.2) is 25.4 Å². The molecular weight excluding hydrogens is 347 g/mol. The molecule has 1 atom stereocenters. The second kappa shape index (κ2) is 5.88. The van der Waals surface area contributed by atoms with Crippen LogP contribution in [0, 0.1) is 5.82 Å². The molecule has 2 aromatic rings. The first-order chi connectivity index (χ1) is 12.0. The molecule has 0 saturated carbocycles. The van der Waals surface area contributed by atoms with E-state index in [0.717, 1.165) is 67.2 Å². The first-order valence-corrected chi connectivity index (χ1v) is 9.62. The van der Waals surface area contributed by atoms with E-state index in [4.69, 9.17) is 10.1 Å². The molecule has 0 fully saturated rings. The number of rotatable bonds is 2. The lowest BCUT2D eigenvalue weighted by atomic mass is 10.1. The maximum Gasteiger partial charge on any atom is 0.354 e. The highest BCUT2D eigenvalue weighted by Gasteiger charge is 2.27. The van der Waals surface area contributed by atoms with Crippen molar-refractivity contribution in [1.82, 2.24) is 15.2 Å². The lowest BCUT2D eigenvalue weighted by Crippen LogP contribution is -2.20. The molecule has 132 valence electrons. The summed E-state index contributed by atoms with van der Waals surface area (Å²) in [4.78, 5) is 17.0. The maximum atomic E-state index is 13.5. The van der Waals surface area contributed by atoms with Gasteiger partial charge in [-0.2, -0.15) is 5.10 Å². The molecule has 2 aromatic heterocycles. The Morgan fingerprint density at radius 1 is 1.24 bits per heavy atom. The Morgan fingerprint density at radius 3 is 2.44 bits per heavy atom. The quantitative estimate of drug-likeness (QED) is 0.751. The Labute approximate surface area is 143 Å². The largest absolute Gasteiger partial charge is 0.354 e. The lowest BCUT2D eigenvalue weighted by Gasteiger charge is -2.14. The van der Waals surface area contributed by atoms with Gasteiger partial charge in [-0.05, 0) is 49.7 Å². The third kappa shape index (κ3) is 2.81. The molecule has 0 aromatic carbocycles. The second-order valence-corrected chi connectivity index (χ2v) is 7.91. The molecule has 8 nitrogen and oxygen atoms in total. The number of anilines is 1. The van der Waals surface area contributed by atoms with E-state index in [-0.39, 0.29) is 0 Å². The summed E-state index contributed by atoms with van der Waals surface area (Å²) in [5, 5.41) is 13.4. The van der Waals surface area contributed by atoms with Crippen molar-refractivity contribution in [3.8, 4) is 0 Å². The molecule has 25 heavy (non-hydrogen) atoms. The van der Waals surface area contributed by atoms with Crippen molar-refractivity contribution in [1.29, 1.82) is 0 Å². The van der Waals surface area contributed by atoms with E-state index in [9.17, 15) is 13.4 Å². The standard InChI is InChI=1S/C15H17FN6O2S/c16-10-7-18-21-14(10)25(17,24)22-15(23)20-13-8-3-1-5-11(8)19-12-6-2-4-9(12)13/h7H,1-6H2,(H,18,21)(H3,17,19,20,22,23,24). The molecule has 0 bridgehead atoms. The van der Waals surface area contributed by atoms with Crippen LogP contribution in [0.2, 0.25) is 0 Å². The molecule has 0 saturated heterocycles. The predicted molar refractivity (Wildman–Crippen MR) is 88.9 cm³/mol. The fourth-order valence-corrected chi connectivity index (χ4v) is 4.40. The van der Waals surface area contributed by atoms with Crippen molar-refractivity contribution in [3.63, 3.8) is 0 Å². The van der Waals surface area contributed by atoms with Gasteiger partial charge in [-0.3, -0.25) is 10.1 Å². The molecule has 2 aliphatic rings. The van der Waals surface area contributed by atoms with E-state index in [0.29, 0.717) is 5.69 Å². The normalized spacial score (nSPS) is 17.7. The van der Waals surface area contributed by atoms with Gasteiger partial charge >= 0.3 is 6.03 Å². The second-order valence-electron chi connectivity index (χ2n) is 6.18. The molecule has 4 N–H and O–H groups in total. The number of carbonyl (C=O) groups is 1. The number of nitrogens with two attached hydrogens (primary N) is 1. The highest BCUT2D eigenvalue weighted by Crippen LogP contribution is 2.36. The molecule has 0 aliphatic heterocycles. The van der Waals surface area contributed by atoms with E-state index < -0.39 is 26.8 Å². The summed E-state index contributed by atoms with van der Waals surface area (Å²) >= 11 is 0. The van der Waals surface area contributed by atoms with Crippen LogP contribution >= 0.6 is 0 Å². The number of aromatic amines is 1. The predicted octanol–water partition coefficient (Wildman–Crippen LogP) is 1.85. The topological polar surface area (TPSA) is 126 Å². The first kappa shape index (κ1) is 16.2. The molecular formula is C15H17FN6O2S. The monoisotopic (exact) mass is 364 g/mol. The Hall–Kier alpha value is -2.33. The van der Waals surface area contributed by atoms with E-state index in [1.165, 1.54) is 0 Å². The number of H-pyrrole nitrogens is 1. The van der Waals surface area contributed by atoms with Gasteiger partial charge < -0.3 is 5.32 Å². The summed E-state index contributed by atoms with van der Waals surface area (Å²) < 4.78 is 29.4. The van der Waals surface area contributed by atoms with Crippen LogP contribution < -0.4 is 10.5 Å².